The van der Waals surface area contributed by atoms with Gasteiger partial charge in [-0.25, -0.2) is 25.3 Å². The highest BCUT2D eigenvalue weighted by molar-refractivity contribution is 14.1. The molecule has 0 saturated heterocycles. The maximum atomic E-state index is 12.3. The van der Waals surface area contributed by atoms with Gasteiger partial charge in [-0.1, -0.05) is 0 Å². The van der Waals surface area contributed by atoms with E-state index in [2.05, 4.69) is 199 Å². The number of ether oxygens (including phenoxy) is 1. The lowest BCUT2D eigenvalue weighted by atomic mass is 10.2. The summed E-state index contributed by atoms with van der Waals surface area (Å²) in [6.07, 6.45) is 2.52. The van der Waals surface area contributed by atoms with Crippen molar-refractivity contribution >= 4 is 263 Å². The molecule has 17 nitrogen and oxygen atoms in total. The van der Waals surface area contributed by atoms with Crippen molar-refractivity contribution in [2.45, 2.75) is 13.0 Å². The summed E-state index contributed by atoms with van der Waals surface area (Å²) in [5.41, 5.74) is 0.910. The lowest BCUT2D eigenvalue weighted by Crippen LogP contribution is -2.44. The van der Waals surface area contributed by atoms with Crippen LogP contribution < -0.4 is 25.4 Å². The van der Waals surface area contributed by atoms with Gasteiger partial charge in [-0.05, 0) is 258 Å². The number of likely N-dealkylation sites (N-methyl/N-ethyl adjacent to an activating group) is 1. The van der Waals surface area contributed by atoms with Crippen molar-refractivity contribution in [2.24, 2.45) is 13.2 Å². The number of hydrogen-bond donors (Lipinski definition) is 1. The zero-order valence-corrected chi connectivity index (χ0v) is 52.6. The fraction of sp³-hybridized carbons (Fsp3) is 0.258. The van der Waals surface area contributed by atoms with Crippen molar-refractivity contribution in [1.29, 1.82) is 0 Å². The highest BCUT2D eigenvalue weighted by Crippen LogP contribution is 2.29. The largest absolute Gasteiger partial charge is 0.860 e. The average molecular weight is 1900 g/mol. The zero-order valence-electron chi connectivity index (χ0n) is 30.8. The summed E-state index contributed by atoms with van der Waals surface area (Å²) in [4.78, 5) is 25.7. The van der Waals surface area contributed by atoms with Gasteiger partial charge in [0.05, 0.1) is 43.1 Å². The second-order valence-electron chi connectivity index (χ2n) is 11.4. The predicted octanol–water partition coefficient (Wildman–Crippen LogP) is 4.23. The van der Waals surface area contributed by atoms with Gasteiger partial charge in [-0.15, -0.1) is 0 Å². The summed E-state index contributed by atoms with van der Waals surface area (Å²) in [5, 5.41) is 36.8. The summed E-state index contributed by atoms with van der Waals surface area (Å²) >= 11 is 18.9. The zero-order chi connectivity index (χ0) is 46.7. The number of halogens is 9. The quantitative estimate of drug-likeness (QED) is 0.116. The first-order chi connectivity index (χ1) is 27.2. The third kappa shape index (κ3) is 23.1. The van der Waals surface area contributed by atoms with Crippen LogP contribution in [0.3, 0.4) is 0 Å². The Labute approximate surface area is 470 Å². The summed E-state index contributed by atoms with van der Waals surface area (Å²) < 4.78 is 87.6. The minimum atomic E-state index is -3.77. The van der Waals surface area contributed by atoms with Gasteiger partial charge < -0.3 is 30.3 Å². The Bertz CT molecular complexity index is 2520. The van der Waals surface area contributed by atoms with Gasteiger partial charge in [0.1, 0.15) is 12.4 Å². The molecule has 0 aliphatic rings. The summed E-state index contributed by atoms with van der Waals surface area (Å²) in [6, 6.07) is 10.1. The smallest absolute Gasteiger partial charge is 0.255 e. The van der Waals surface area contributed by atoms with Gasteiger partial charge in [-0.2, -0.15) is 13.2 Å². The van der Waals surface area contributed by atoms with E-state index in [0.29, 0.717) is 16.9 Å². The number of hydrogen-bond acceptors (Lipinski definition) is 12. The molecule has 0 aliphatic heterocycles. The third-order valence-electron chi connectivity index (χ3n) is 5.99. The molecule has 0 aromatic heterocycles. The van der Waals surface area contributed by atoms with Crippen LogP contribution in [0.25, 0.3) is 0 Å². The first kappa shape index (κ1) is 59.2. The summed E-state index contributed by atoms with van der Waals surface area (Å²) in [5.74, 6) is -2.82. The Morgan fingerprint density at radius 3 is 1.48 bits per heavy atom. The second kappa shape index (κ2) is 26.5. The highest BCUT2D eigenvalue weighted by Gasteiger charge is 2.19. The first-order valence-electron chi connectivity index (χ1n) is 15.2. The number of sulfonamides is 3. The van der Waals surface area contributed by atoms with Crippen LogP contribution in [0.4, 0.5) is 0 Å². The van der Waals surface area contributed by atoms with Gasteiger partial charge in [0.2, 0.25) is 30.1 Å². The minimum absolute atomic E-state index is 0.354. The molecule has 3 rings (SSSR count). The van der Waals surface area contributed by atoms with Crippen molar-refractivity contribution in [3.05, 3.63) is 79.7 Å². The first-order valence-corrected chi connectivity index (χ1v) is 30.5. The molecule has 0 aliphatic carbocycles. The third-order valence-corrected chi connectivity index (χ3v) is 17.1. The maximum Gasteiger partial charge on any atom is 0.255 e. The molecule has 3 aromatic carbocycles. The van der Waals surface area contributed by atoms with Crippen LogP contribution in [0.5, 0.6) is 5.75 Å². The van der Waals surface area contributed by atoms with E-state index < -0.39 is 59.7 Å². The predicted molar refractivity (Wildman–Crippen MR) is 300 cm³/mol. The Morgan fingerprint density at radius 1 is 0.650 bits per heavy atom. The Kier molecular flexibility index (Phi) is 26.2. The van der Waals surface area contributed by atoms with Crippen LogP contribution >= 0.6 is 203 Å². The minimum Gasteiger partial charge on any atom is -0.860 e. The number of carbonyl (C=O) groups is 2. The molecule has 0 fully saturated rings. The lowest BCUT2D eigenvalue weighted by Gasteiger charge is -2.21. The van der Waals surface area contributed by atoms with Gasteiger partial charge >= 0.3 is 0 Å². The molecule has 1 N–H and O–H groups in total. The van der Waals surface area contributed by atoms with Crippen LogP contribution in [0.15, 0.2) is 49.6 Å². The van der Waals surface area contributed by atoms with Crippen molar-refractivity contribution in [1.82, 2.24) is 10.2 Å². The van der Waals surface area contributed by atoms with Gasteiger partial charge in [0.25, 0.3) is 11.8 Å². The summed E-state index contributed by atoms with van der Waals surface area (Å²) in [6.45, 7) is 0.615. The van der Waals surface area contributed by atoms with Crippen molar-refractivity contribution in [3.8, 4) is 5.75 Å². The number of nitrogens with one attached hydrogen (secondary N) is 1. The van der Waals surface area contributed by atoms with E-state index in [4.69, 9.17) is 4.74 Å². The standard InChI is InChI=1S/2C11H11I3N2O4S.C9H8I3NO4S/c1-16(5-9(17)15-21(2,19)20)11(18)7-3-6(12)4-8(13)10(7)14;1-5(10(17)16-21(2,19)20)15-11(18)7-3-6(12)4-8(13)9(7)14;1-18(15,16)13-8(14)4-17-9-6(11)2-5(10)3-7(9)12/h3-4H,5H2,1-2H3,(H,15,17);3-5H,1-2H3,(H,15,18)(H,16,17);2-3H,4H2,1H3,(H,13,14)/p-3. The fourth-order valence-corrected chi connectivity index (χ4v) is 13.7. The highest BCUT2D eigenvalue weighted by atomic mass is 127. The molecular formula is C31H27I9N5O12S3-3. The molecule has 332 valence electrons. The number of rotatable bonds is 12. The van der Waals surface area contributed by atoms with Gasteiger partial charge in [-0.3, -0.25) is 9.59 Å². The Balaban J connectivity index is 0.000000452. The monoisotopic (exact) mass is 1900 g/mol. The number of nitrogens with zero attached hydrogens (tertiary/aromatic N) is 4. The molecule has 29 heteroatoms. The lowest BCUT2D eigenvalue weighted by molar-refractivity contribution is -0.220. The van der Waals surface area contributed by atoms with Crippen LogP contribution in [-0.4, -0.2) is 105 Å². The van der Waals surface area contributed by atoms with Crippen LogP contribution in [0.1, 0.15) is 27.6 Å². The van der Waals surface area contributed by atoms with Gasteiger partial charge in [0.15, 0.2) is 0 Å². The van der Waals surface area contributed by atoms with E-state index in [0.717, 1.165) is 55.8 Å². The van der Waals surface area contributed by atoms with Crippen LogP contribution in [0, 0.1) is 32.1 Å². The fourth-order valence-electron chi connectivity index (χ4n) is 3.72. The number of benzene rings is 3. The Hall–Kier alpha value is 1.23. The molecule has 0 radical (unpaired) electrons. The van der Waals surface area contributed by atoms with Crippen LogP contribution in [0.2, 0.25) is 0 Å². The van der Waals surface area contributed by atoms with E-state index >= 15 is 0 Å². The SMILES string of the molecule is CC(NC(=O)c1cc(I)cc(I)c1I)C([O-])=NS(C)(=O)=O.CN(CC([O-])=NS(C)(=O)=O)C(=O)c1cc(I)cc(I)c1I.CS(=O)(=O)N=C([O-])COc1c(I)cc(I)cc1I. The topological polar surface area (TPSA) is 267 Å². The van der Waals surface area contributed by atoms with Crippen molar-refractivity contribution in [3.63, 3.8) is 0 Å². The Morgan fingerprint density at radius 2 is 1.03 bits per heavy atom. The van der Waals surface area contributed by atoms with Crippen molar-refractivity contribution in [2.75, 3.05) is 39.0 Å². The molecule has 1 unspecified atom stereocenters. The number of carbonyl (C=O) groups excluding carboxylic acids is 2. The van der Waals surface area contributed by atoms with Crippen LogP contribution in [-0.2, 0) is 30.1 Å². The van der Waals surface area contributed by atoms with E-state index in [1.807, 2.05) is 46.9 Å². The van der Waals surface area contributed by atoms with E-state index in [1.54, 1.807) is 12.1 Å². The average Bonchev–Trinajstić information content (AvgIpc) is 3.05. The normalized spacial score (nSPS) is 12.9. The molecule has 2 amide bonds. The molecule has 0 saturated carbocycles. The molecule has 60 heavy (non-hydrogen) atoms. The van der Waals surface area contributed by atoms with Crippen molar-refractivity contribution < 1.29 is 54.9 Å². The molecular weight excluding hydrogens is 1870 g/mol. The molecule has 1 atom stereocenters. The van der Waals surface area contributed by atoms with Gasteiger partial charge in [0, 0.05) is 44.5 Å². The molecule has 3 aromatic rings. The molecule has 0 bridgehead atoms. The number of amides is 2. The van der Waals surface area contributed by atoms with E-state index in [9.17, 15) is 50.2 Å². The summed E-state index contributed by atoms with van der Waals surface area (Å²) in [7, 11) is -9.75. The molecule has 0 heterocycles. The van der Waals surface area contributed by atoms with E-state index in [1.165, 1.54) is 14.0 Å². The maximum absolute atomic E-state index is 12.3. The molecule has 0 spiro atoms. The van der Waals surface area contributed by atoms with E-state index in [-0.39, 0.29) is 19.1 Å². The second-order valence-corrected chi connectivity index (χ2v) is 26.9.